The summed E-state index contributed by atoms with van der Waals surface area (Å²) in [6, 6.07) is 2.53. The van der Waals surface area contributed by atoms with Gasteiger partial charge in [-0.2, -0.15) is 0 Å². The van der Waals surface area contributed by atoms with Gasteiger partial charge in [-0.15, -0.1) is 0 Å². The molecular formula is C9H9BrFNO2. The molecule has 76 valence electrons. The number of hydrogen-bond donors (Lipinski definition) is 2. The molecule has 0 unspecified atom stereocenters. The second kappa shape index (κ2) is 4.52. The van der Waals surface area contributed by atoms with Gasteiger partial charge in [0, 0.05) is 0 Å². The maximum Gasteiger partial charge on any atom is 0.179 e. The van der Waals surface area contributed by atoms with Gasteiger partial charge >= 0.3 is 0 Å². The zero-order chi connectivity index (χ0) is 10.7. The van der Waals surface area contributed by atoms with Crippen molar-refractivity contribution in [3.8, 4) is 5.75 Å². The smallest absolute Gasteiger partial charge is 0.179 e. The molecule has 0 amide bonds. The molecule has 0 aliphatic carbocycles. The predicted molar refractivity (Wildman–Crippen MR) is 54.0 cm³/mol. The molecule has 14 heavy (non-hydrogen) atoms. The van der Waals surface area contributed by atoms with Crippen molar-refractivity contribution in [1.82, 2.24) is 5.32 Å². The molecule has 0 fully saturated rings. The first-order valence-electron chi connectivity index (χ1n) is 3.92. The number of carbonyl (C=O) groups excluding carboxylic acids is 1. The lowest BCUT2D eigenvalue weighted by Crippen LogP contribution is -2.19. The predicted octanol–water partition coefficient (Wildman–Crippen LogP) is 1.70. The molecule has 1 rings (SSSR count). The molecule has 0 spiro atoms. The van der Waals surface area contributed by atoms with E-state index < -0.39 is 5.82 Å². The van der Waals surface area contributed by atoms with E-state index in [9.17, 15) is 9.18 Å². The number of ketones is 1. The number of likely N-dealkylation sites (N-methyl/N-ethyl adjacent to an activating group) is 1. The van der Waals surface area contributed by atoms with Crippen LogP contribution >= 0.6 is 15.9 Å². The van der Waals surface area contributed by atoms with Crippen LogP contribution < -0.4 is 5.32 Å². The molecule has 1 aromatic rings. The molecule has 3 nitrogen and oxygen atoms in total. The molecule has 0 radical (unpaired) electrons. The molecule has 5 heteroatoms. The highest BCUT2D eigenvalue weighted by Gasteiger charge is 2.15. The summed E-state index contributed by atoms with van der Waals surface area (Å²) in [5, 5.41) is 11.8. The van der Waals surface area contributed by atoms with Crippen LogP contribution in [0.15, 0.2) is 16.6 Å². The van der Waals surface area contributed by atoms with Crippen LogP contribution in [0.25, 0.3) is 0 Å². The monoisotopic (exact) mass is 261 g/mol. The summed E-state index contributed by atoms with van der Waals surface area (Å²) < 4.78 is 13.3. The average Bonchev–Trinajstić information content (AvgIpc) is 2.15. The molecule has 0 saturated heterocycles. The normalized spacial score (nSPS) is 10.2. The SMILES string of the molecule is CNCC(=O)c1ccc(O)c(Br)c1F. The average molecular weight is 262 g/mol. The first-order valence-corrected chi connectivity index (χ1v) is 4.72. The van der Waals surface area contributed by atoms with Crippen molar-refractivity contribution in [1.29, 1.82) is 0 Å². The number of rotatable bonds is 3. The van der Waals surface area contributed by atoms with Gasteiger partial charge in [-0.25, -0.2) is 4.39 Å². The molecule has 0 saturated carbocycles. The number of carbonyl (C=O) groups is 1. The Morgan fingerprint density at radius 3 is 2.86 bits per heavy atom. The minimum absolute atomic E-state index is 0.0379. The third kappa shape index (κ3) is 2.10. The number of Topliss-reactive ketones (excluding diaryl/α,β-unsaturated/α-hetero) is 1. The third-order valence-corrected chi connectivity index (χ3v) is 2.45. The number of hydrogen-bond acceptors (Lipinski definition) is 3. The van der Waals surface area contributed by atoms with E-state index in [1.54, 1.807) is 7.05 Å². The molecule has 1 aromatic carbocycles. The minimum atomic E-state index is -0.731. The van der Waals surface area contributed by atoms with Crippen molar-refractivity contribution in [3.05, 3.63) is 28.0 Å². The van der Waals surface area contributed by atoms with E-state index in [2.05, 4.69) is 21.2 Å². The van der Waals surface area contributed by atoms with E-state index in [1.807, 2.05) is 0 Å². The Balaban J connectivity index is 3.11. The number of nitrogens with one attached hydrogen (secondary N) is 1. The Kier molecular flexibility index (Phi) is 3.60. The van der Waals surface area contributed by atoms with Crippen LogP contribution in [0.5, 0.6) is 5.75 Å². The van der Waals surface area contributed by atoms with Crippen LogP contribution in [0.1, 0.15) is 10.4 Å². The van der Waals surface area contributed by atoms with Crippen molar-refractivity contribution < 1.29 is 14.3 Å². The number of benzene rings is 1. The Bertz CT molecular complexity index is 368. The van der Waals surface area contributed by atoms with Gasteiger partial charge in [-0.1, -0.05) is 0 Å². The minimum Gasteiger partial charge on any atom is -0.507 e. The van der Waals surface area contributed by atoms with Gasteiger partial charge in [0.15, 0.2) is 11.6 Å². The van der Waals surface area contributed by atoms with Crippen LogP contribution in [0.4, 0.5) is 4.39 Å². The fourth-order valence-electron chi connectivity index (χ4n) is 1.01. The highest BCUT2D eigenvalue weighted by molar-refractivity contribution is 9.10. The van der Waals surface area contributed by atoms with Gasteiger partial charge in [-0.3, -0.25) is 4.79 Å². The van der Waals surface area contributed by atoms with Crippen LogP contribution in [-0.2, 0) is 0 Å². The lowest BCUT2D eigenvalue weighted by Gasteiger charge is -2.04. The lowest BCUT2D eigenvalue weighted by atomic mass is 10.1. The molecule has 0 atom stereocenters. The Morgan fingerprint density at radius 1 is 1.64 bits per heavy atom. The van der Waals surface area contributed by atoms with E-state index in [-0.39, 0.29) is 28.1 Å². The highest BCUT2D eigenvalue weighted by atomic mass is 79.9. The highest BCUT2D eigenvalue weighted by Crippen LogP contribution is 2.28. The topological polar surface area (TPSA) is 49.3 Å². The second-order valence-corrected chi connectivity index (χ2v) is 3.51. The van der Waals surface area contributed by atoms with Crippen molar-refractivity contribution >= 4 is 21.7 Å². The third-order valence-electron chi connectivity index (χ3n) is 1.70. The van der Waals surface area contributed by atoms with Gasteiger partial charge in [0.05, 0.1) is 16.6 Å². The van der Waals surface area contributed by atoms with Crippen molar-refractivity contribution in [2.24, 2.45) is 0 Å². The Morgan fingerprint density at radius 2 is 2.29 bits per heavy atom. The van der Waals surface area contributed by atoms with E-state index in [0.717, 1.165) is 0 Å². The van der Waals surface area contributed by atoms with Crippen molar-refractivity contribution in [2.75, 3.05) is 13.6 Å². The van der Waals surface area contributed by atoms with E-state index in [0.29, 0.717) is 0 Å². The molecule has 0 heterocycles. The van der Waals surface area contributed by atoms with Crippen molar-refractivity contribution in [3.63, 3.8) is 0 Å². The maximum atomic E-state index is 13.4. The van der Waals surface area contributed by atoms with Crippen LogP contribution in [0.2, 0.25) is 0 Å². The largest absolute Gasteiger partial charge is 0.507 e. The summed E-state index contributed by atoms with van der Waals surface area (Å²) in [6.45, 7) is 0.0636. The lowest BCUT2D eigenvalue weighted by molar-refractivity contribution is 0.0989. The first-order chi connectivity index (χ1) is 6.57. The number of phenols is 1. The van der Waals surface area contributed by atoms with Crippen LogP contribution in [-0.4, -0.2) is 24.5 Å². The quantitative estimate of drug-likeness (QED) is 0.815. The summed E-state index contributed by atoms with van der Waals surface area (Å²) in [7, 11) is 1.60. The van der Waals surface area contributed by atoms with E-state index in [4.69, 9.17) is 5.11 Å². The summed E-state index contributed by atoms with van der Waals surface area (Å²) in [6.07, 6.45) is 0. The summed E-state index contributed by atoms with van der Waals surface area (Å²) >= 11 is 2.85. The maximum absolute atomic E-state index is 13.4. The van der Waals surface area contributed by atoms with Crippen LogP contribution in [0, 0.1) is 5.82 Å². The van der Waals surface area contributed by atoms with E-state index >= 15 is 0 Å². The number of halogens is 2. The fourth-order valence-corrected chi connectivity index (χ4v) is 1.36. The van der Waals surface area contributed by atoms with Gasteiger partial charge in [0.2, 0.25) is 0 Å². The second-order valence-electron chi connectivity index (χ2n) is 2.71. The molecule has 0 bridgehead atoms. The molecule has 2 N–H and O–H groups in total. The Labute approximate surface area is 89.1 Å². The molecule has 0 aliphatic rings. The van der Waals surface area contributed by atoms with E-state index in [1.165, 1.54) is 12.1 Å². The Hall–Kier alpha value is -0.940. The van der Waals surface area contributed by atoms with Gasteiger partial charge in [-0.05, 0) is 35.1 Å². The van der Waals surface area contributed by atoms with Gasteiger partial charge < -0.3 is 10.4 Å². The zero-order valence-electron chi connectivity index (χ0n) is 7.47. The summed E-state index contributed by atoms with van der Waals surface area (Å²) in [5.74, 6) is -1.31. The molecule has 0 aliphatic heterocycles. The fraction of sp³-hybridized carbons (Fsp3) is 0.222. The summed E-state index contributed by atoms with van der Waals surface area (Å²) in [4.78, 5) is 11.3. The van der Waals surface area contributed by atoms with Crippen LogP contribution in [0.3, 0.4) is 0 Å². The number of phenolic OH excluding ortho intramolecular Hbond substituents is 1. The molecular weight excluding hydrogens is 253 g/mol. The van der Waals surface area contributed by atoms with Gasteiger partial charge in [0.25, 0.3) is 0 Å². The van der Waals surface area contributed by atoms with Crippen molar-refractivity contribution in [2.45, 2.75) is 0 Å². The molecule has 0 aromatic heterocycles. The standard InChI is InChI=1S/C9H9BrFNO2/c1-12-4-7(14)5-2-3-6(13)8(10)9(5)11/h2-3,12-13H,4H2,1H3. The summed E-state index contributed by atoms with van der Waals surface area (Å²) in [5.41, 5.74) is -0.0379. The van der Waals surface area contributed by atoms with Gasteiger partial charge in [0.1, 0.15) is 5.75 Å². The zero-order valence-corrected chi connectivity index (χ0v) is 9.06. The number of aromatic hydroxyl groups is 1. The first kappa shape index (κ1) is 11.1.